The van der Waals surface area contributed by atoms with Gasteiger partial charge in [-0.05, 0) is 28.4 Å². The van der Waals surface area contributed by atoms with E-state index < -0.39 is 8.32 Å². The van der Waals surface area contributed by atoms with Crippen LogP contribution in [0.3, 0.4) is 0 Å². The van der Waals surface area contributed by atoms with Crippen LogP contribution in [-0.2, 0) is 9.16 Å². The van der Waals surface area contributed by atoms with Crippen LogP contribution in [0.15, 0.2) is 104 Å². The Balaban J connectivity index is 1.99. The van der Waals surface area contributed by atoms with Gasteiger partial charge in [0.1, 0.15) is 0 Å². The maximum atomic E-state index is 6.83. The van der Waals surface area contributed by atoms with Gasteiger partial charge in [-0.25, -0.2) is 0 Å². The molecule has 3 heteroatoms. The molecule has 3 aromatic rings. The quantitative estimate of drug-likeness (QED) is 0.234. The summed E-state index contributed by atoms with van der Waals surface area (Å²) in [6.45, 7) is 4.97. The number of hydrogen-bond acceptors (Lipinski definition) is 2. The van der Waals surface area contributed by atoms with E-state index in [2.05, 4.69) is 97.6 Å². The van der Waals surface area contributed by atoms with Crippen molar-refractivity contribution in [2.45, 2.75) is 12.8 Å². The van der Waals surface area contributed by atoms with Gasteiger partial charge in [-0.15, -0.1) is 0 Å². The third-order valence-electron chi connectivity index (χ3n) is 4.63. The van der Waals surface area contributed by atoms with Gasteiger partial charge in [0.25, 0.3) is 8.32 Å². The zero-order valence-electron chi connectivity index (χ0n) is 15.6. The first-order valence-corrected chi connectivity index (χ1v) is 11.3. The molecule has 3 rings (SSSR count). The van der Waals surface area contributed by atoms with Gasteiger partial charge in [-0.1, -0.05) is 97.6 Å². The summed E-state index contributed by atoms with van der Waals surface area (Å²) in [5, 5.41) is 3.80. The molecule has 0 amide bonds. The molecule has 0 aliphatic carbocycles. The van der Waals surface area contributed by atoms with Crippen molar-refractivity contribution in [3.63, 3.8) is 0 Å². The van der Waals surface area contributed by atoms with Crippen LogP contribution in [0, 0.1) is 0 Å². The molecule has 0 fully saturated rings. The molecule has 0 bridgehead atoms. The van der Waals surface area contributed by atoms with E-state index in [1.807, 2.05) is 0 Å². The van der Waals surface area contributed by atoms with Gasteiger partial charge in [0.15, 0.2) is 0 Å². The smallest absolute Gasteiger partial charge is 0.288 e. The molecule has 0 aliphatic rings. The summed E-state index contributed by atoms with van der Waals surface area (Å²) in [7, 11) is -2.55. The third-order valence-corrected chi connectivity index (χ3v) is 8.71. The molecule has 0 atom stereocenters. The van der Waals surface area contributed by atoms with Crippen LogP contribution in [0.4, 0.5) is 0 Å². The number of hydrogen-bond donors (Lipinski definition) is 0. The Bertz CT molecular complexity index is 707. The highest BCUT2D eigenvalue weighted by atomic mass is 28.4. The maximum Gasteiger partial charge on any atom is 0.288 e. The van der Waals surface area contributed by atoms with Gasteiger partial charge in [0.2, 0.25) is 0 Å². The Morgan fingerprint density at radius 1 is 0.630 bits per heavy atom. The van der Waals surface area contributed by atoms with Crippen molar-refractivity contribution in [3.8, 4) is 0 Å². The molecule has 0 N–H and O–H groups in total. The summed E-state index contributed by atoms with van der Waals surface area (Å²) < 4.78 is 12.1. The lowest BCUT2D eigenvalue weighted by Crippen LogP contribution is -2.69. The molecule has 0 radical (unpaired) electrons. The summed E-state index contributed by atoms with van der Waals surface area (Å²) in [6, 6.07) is 32.0. The average molecular weight is 375 g/mol. The Hall–Kier alpha value is -2.62. The van der Waals surface area contributed by atoms with Gasteiger partial charge < -0.3 is 9.16 Å². The van der Waals surface area contributed by atoms with Crippen LogP contribution < -0.4 is 15.6 Å². The molecule has 0 aliphatic heterocycles. The van der Waals surface area contributed by atoms with Gasteiger partial charge >= 0.3 is 0 Å². The summed E-state index contributed by atoms with van der Waals surface area (Å²) in [5.74, 6) is 0. The highest BCUT2D eigenvalue weighted by Gasteiger charge is 2.41. The van der Waals surface area contributed by atoms with Crippen molar-refractivity contribution in [1.29, 1.82) is 0 Å². The number of unbranched alkanes of at least 4 members (excludes halogenated alkanes) is 1. The normalized spacial score (nSPS) is 11.1. The minimum absolute atomic E-state index is 0.684. The Kier molecular flexibility index (Phi) is 7.02. The van der Waals surface area contributed by atoms with Gasteiger partial charge in [0.05, 0.1) is 12.9 Å². The molecule has 138 valence electrons. The molecular formula is C24H26O2Si. The molecule has 0 saturated heterocycles. The Labute approximate surface area is 163 Å². The zero-order valence-corrected chi connectivity index (χ0v) is 16.6. The van der Waals surface area contributed by atoms with E-state index in [1.54, 1.807) is 0 Å². The van der Waals surface area contributed by atoms with Crippen molar-refractivity contribution in [2.24, 2.45) is 0 Å². The van der Waals surface area contributed by atoms with Crippen molar-refractivity contribution in [1.82, 2.24) is 0 Å². The number of rotatable bonds is 10. The monoisotopic (exact) mass is 374 g/mol. The molecule has 0 heterocycles. The minimum atomic E-state index is -2.55. The van der Waals surface area contributed by atoms with Crippen LogP contribution in [0.25, 0.3) is 0 Å². The summed E-state index contributed by atoms with van der Waals surface area (Å²) in [4.78, 5) is 0. The first-order chi connectivity index (χ1) is 13.4. The van der Waals surface area contributed by atoms with E-state index in [-0.39, 0.29) is 0 Å². The van der Waals surface area contributed by atoms with Crippen molar-refractivity contribution in [2.75, 3.05) is 13.2 Å². The van der Waals surface area contributed by atoms with Gasteiger partial charge in [0, 0.05) is 6.61 Å². The van der Waals surface area contributed by atoms with Crippen LogP contribution >= 0.6 is 0 Å². The van der Waals surface area contributed by atoms with E-state index in [0.717, 1.165) is 12.8 Å². The predicted octanol–water partition coefficient (Wildman–Crippen LogP) is 3.61. The highest BCUT2D eigenvalue weighted by molar-refractivity contribution is 7.07. The fraction of sp³-hybridized carbons (Fsp3) is 0.167. The van der Waals surface area contributed by atoms with E-state index in [0.29, 0.717) is 13.2 Å². The van der Waals surface area contributed by atoms with E-state index >= 15 is 0 Å². The molecule has 3 aromatic carbocycles. The highest BCUT2D eigenvalue weighted by Crippen LogP contribution is 2.11. The maximum absolute atomic E-state index is 6.83. The summed E-state index contributed by atoms with van der Waals surface area (Å²) in [5.41, 5.74) is 0. The minimum Gasteiger partial charge on any atom is -0.502 e. The van der Waals surface area contributed by atoms with E-state index in [4.69, 9.17) is 9.16 Å². The van der Waals surface area contributed by atoms with Crippen LogP contribution in [0.1, 0.15) is 12.8 Å². The van der Waals surface area contributed by atoms with Crippen molar-refractivity contribution < 1.29 is 9.16 Å². The standard InChI is InChI=1S/C24H26O2Si/c1-2-25-20-12-13-21-26-27(22-14-6-3-7-15-22,23-16-8-4-9-17-23)24-18-10-5-11-19-24/h2-11,14-19H,1,12-13,20-21H2. The topological polar surface area (TPSA) is 18.5 Å². The lowest BCUT2D eigenvalue weighted by molar-refractivity contribution is 0.226. The predicted molar refractivity (Wildman–Crippen MR) is 115 cm³/mol. The molecule has 0 spiro atoms. The molecule has 27 heavy (non-hydrogen) atoms. The van der Waals surface area contributed by atoms with Crippen molar-refractivity contribution in [3.05, 3.63) is 104 Å². The first kappa shape index (κ1) is 19.1. The second kappa shape index (κ2) is 9.90. The third kappa shape index (κ3) is 4.56. The molecule has 2 nitrogen and oxygen atoms in total. The molecule has 0 saturated carbocycles. The zero-order chi connectivity index (χ0) is 18.8. The Morgan fingerprint density at radius 3 is 1.44 bits per heavy atom. The second-order valence-corrected chi connectivity index (χ2v) is 9.76. The fourth-order valence-electron chi connectivity index (χ4n) is 3.36. The molecule has 0 aromatic heterocycles. The fourth-order valence-corrected chi connectivity index (χ4v) is 7.30. The molecule has 0 unspecified atom stereocenters. The van der Waals surface area contributed by atoms with Crippen LogP contribution in [-0.4, -0.2) is 21.5 Å². The number of benzene rings is 3. The van der Waals surface area contributed by atoms with Gasteiger partial charge in [-0.3, -0.25) is 0 Å². The lowest BCUT2D eigenvalue weighted by atomic mass is 10.3. The Morgan fingerprint density at radius 2 is 1.04 bits per heavy atom. The van der Waals surface area contributed by atoms with Crippen LogP contribution in [0.5, 0.6) is 0 Å². The van der Waals surface area contributed by atoms with E-state index in [1.165, 1.54) is 21.8 Å². The summed E-state index contributed by atoms with van der Waals surface area (Å²) in [6.07, 6.45) is 3.40. The van der Waals surface area contributed by atoms with Crippen molar-refractivity contribution >= 4 is 23.9 Å². The first-order valence-electron chi connectivity index (χ1n) is 9.41. The second-order valence-electron chi connectivity index (χ2n) is 6.37. The van der Waals surface area contributed by atoms with E-state index in [9.17, 15) is 0 Å². The van der Waals surface area contributed by atoms with Gasteiger partial charge in [-0.2, -0.15) is 0 Å². The largest absolute Gasteiger partial charge is 0.502 e. The SMILES string of the molecule is C=COCCCCO[Si](c1ccccc1)(c1ccccc1)c1ccccc1. The molecular weight excluding hydrogens is 348 g/mol. The average Bonchev–Trinajstić information content (AvgIpc) is 2.75. The van der Waals surface area contributed by atoms with Crippen LogP contribution in [0.2, 0.25) is 0 Å². The number of ether oxygens (including phenoxy) is 1. The summed E-state index contributed by atoms with van der Waals surface area (Å²) >= 11 is 0. The lowest BCUT2D eigenvalue weighted by Gasteiger charge is -2.33.